The lowest BCUT2D eigenvalue weighted by atomic mass is 9.77. The molecule has 2 heterocycles. The fourth-order valence-corrected chi connectivity index (χ4v) is 5.58. The summed E-state index contributed by atoms with van der Waals surface area (Å²) in [6.07, 6.45) is -1.10. The molecule has 3 atom stereocenters. The van der Waals surface area contributed by atoms with Gasteiger partial charge < -0.3 is 9.47 Å². The van der Waals surface area contributed by atoms with Crippen LogP contribution in [0.1, 0.15) is 39.3 Å². The Kier molecular flexibility index (Phi) is 4.91. The van der Waals surface area contributed by atoms with Crippen molar-refractivity contribution in [3.63, 3.8) is 0 Å². The molecule has 36 heavy (non-hydrogen) atoms. The number of Topliss-reactive ketones (excluding diaryl/α,β-unsaturated/α-hetero) is 2. The van der Waals surface area contributed by atoms with Crippen LogP contribution in [0.25, 0.3) is 0 Å². The van der Waals surface area contributed by atoms with E-state index in [2.05, 4.69) is 0 Å². The number of ketones is 2. The minimum Gasteiger partial charge on any atom is -0.494 e. The van der Waals surface area contributed by atoms with Crippen LogP contribution in [0.2, 0.25) is 0 Å². The number of imide groups is 1. The van der Waals surface area contributed by atoms with E-state index in [1.807, 2.05) is 6.92 Å². The summed E-state index contributed by atoms with van der Waals surface area (Å²) in [5.74, 6) is -4.98. The van der Waals surface area contributed by atoms with Gasteiger partial charge in [0.2, 0.25) is 29.0 Å². The summed E-state index contributed by atoms with van der Waals surface area (Å²) in [4.78, 5) is 56.1. The van der Waals surface area contributed by atoms with E-state index in [-0.39, 0.29) is 11.1 Å². The molecule has 0 saturated carbocycles. The molecule has 2 amide bonds. The fraction of sp³-hybridized carbons (Fsp3) is 0.214. The van der Waals surface area contributed by atoms with Crippen LogP contribution in [0.4, 0.5) is 10.1 Å². The highest BCUT2D eigenvalue weighted by Gasteiger charge is 2.74. The molecule has 3 aromatic rings. The Bertz CT molecular complexity index is 1400. The van der Waals surface area contributed by atoms with Gasteiger partial charge in [0, 0.05) is 11.1 Å². The molecule has 2 fully saturated rings. The van der Waals surface area contributed by atoms with E-state index in [9.17, 15) is 23.6 Å². The normalized spacial score (nSPS) is 23.9. The summed E-state index contributed by atoms with van der Waals surface area (Å²) in [6, 6.07) is 18.0. The first-order valence-corrected chi connectivity index (χ1v) is 11.6. The van der Waals surface area contributed by atoms with Crippen LogP contribution in [0.3, 0.4) is 0 Å². The maximum atomic E-state index is 13.9. The molecule has 2 saturated heterocycles. The Morgan fingerprint density at radius 2 is 1.47 bits per heavy atom. The summed E-state index contributed by atoms with van der Waals surface area (Å²) in [5, 5.41) is 0. The number of carbonyl (C=O) groups excluding carboxylic acids is 4. The van der Waals surface area contributed by atoms with Crippen LogP contribution in [0, 0.1) is 17.7 Å². The molecule has 0 aromatic heterocycles. The van der Waals surface area contributed by atoms with Gasteiger partial charge in [-0.2, -0.15) is 0 Å². The number of amides is 2. The molecule has 3 aliphatic rings. The topological polar surface area (TPSA) is 90.0 Å². The van der Waals surface area contributed by atoms with E-state index < -0.39 is 52.7 Å². The van der Waals surface area contributed by atoms with Crippen molar-refractivity contribution in [1.29, 1.82) is 0 Å². The average molecular weight is 485 g/mol. The lowest BCUT2D eigenvalue weighted by Crippen LogP contribution is -2.51. The fourth-order valence-electron chi connectivity index (χ4n) is 5.58. The zero-order valence-electron chi connectivity index (χ0n) is 19.1. The molecule has 180 valence electrons. The van der Waals surface area contributed by atoms with Crippen molar-refractivity contribution in [2.45, 2.75) is 18.6 Å². The van der Waals surface area contributed by atoms with Gasteiger partial charge in [0.25, 0.3) is 0 Å². The number of anilines is 1. The van der Waals surface area contributed by atoms with Gasteiger partial charge in [-0.1, -0.05) is 36.4 Å². The summed E-state index contributed by atoms with van der Waals surface area (Å²) in [6.45, 7) is 2.29. The zero-order valence-corrected chi connectivity index (χ0v) is 19.1. The number of ether oxygens (including phenoxy) is 2. The lowest BCUT2D eigenvalue weighted by molar-refractivity contribution is -0.127. The highest BCUT2D eigenvalue weighted by atomic mass is 19.1. The summed E-state index contributed by atoms with van der Waals surface area (Å²) in [7, 11) is 0. The van der Waals surface area contributed by atoms with Gasteiger partial charge in [-0.25, -0.2) is 9.29 Å². The molecule has 1 aliphatic carbocycles. The van der Waals surface area contributed by atoms with Crippen molar-refractivity contribution >= 4 is 29.1 Å². The molecule has 8 heteroatoms. The van der Waals surface area contributed by atoms with Crippen LogP contribution < -0.4 is 9.64 Å². The van der Waals surface area contributed by atoms with Crippen molar-refractivity contribution in [2.75, 3.05) is 11.5 Å². The molecule has 1 spiro atoms. The van der Waals surface area contributed by atoms with Gasteiger partial charge in [-0.3, -0.25) is 19.2 Å². The number of hydrogen-bond acceptors (Lipinski definition) is 6. The Morgan fingerprint density at radius 3 is 2.06 bits per heavy atom. The second-order valence-electron chi connectivity index (χ2n) is 8.97. The molecule has 0 unspecified atom stereocenters. The van der Waals surface area contributed by atoms with Crippen molar-refractivity contribution in [3.8, 4) is 5.75 Å². The van der Waals surface area contributed by atoms with Crippen LogP contribution >= 0.6 is 0 Å². The Labute approximate surface area is 205 Å². The molecule has 2 aliphatic heterocycles. The zero-order chi connectivity index (χ0) is 25.2. The van der Waals surface area contributed by atoms with E-state index in [0.29, 0.717) is 23.6 Å². The summed E-state index contributed by atoms with van der Waals surface area (Å²) >= 11 is 0. The third-order valence-corrected chi connectivity index (χ3v) is 7.12. The Balaban J connectivity index is 1.49. The highest BCUT2D eigenvalue weighted by molar-refractivity contribution is 6.37. The monoisotopic (exact) mass is 485 g/mol. The minimum absolute atomic E-state index is 0.153. The summed E-state index contributed by atoms with van der Waals surface area (Å²) < 4.78 is 25.3. The van der Waals surface area contributed by atoms with E-state index in [1.54, 1.807) is 36.4 Å². The summed E-state index contributed by atoms with van der Waals surface area (Å²) in [5.41, 5.74) is -1.16. The van der Waals surface area contributed by atoms with E-state index in [1.165, 1.54) is 36.4 Å². The van der Waals surface area contributed by atoms with E-state index in [0.717, 1.165) is 4.90 Å². The second kappa shape index (κ2) is 7.93. The van der Waals surface area contributed by atoms with Gasteiger partial charge in [0.15, 0.2) is 0 Å². The molecule has 7 nitrogen and oxygen atoms in total. The van der Waals surface area contributed by atoms with Crippen molar-refractivity contribution in [2.24, 2.45) is 11.8 Å². The minimum atomic E-state index is -2.17. The number of rotatable bonds is 4. The standard InChI is InChI=1S/C28H20FNO6/c1-2-35-18-13-11-17(12-14-18)30-26(33)21-22(27(30)34)28(36-23(21)15-7-9-16(29)10-8-15)24(31)19-5-3-4-6-20(19)25(28)32/h3-14,21-23H,2H2,1H3/t21-,22-,23-/m1/s1. The maximum Gasteiger partial charge on any atom is 0.241 e. The molecule has 0 N–H and O–H groups in total. The van der Waals surface area contributed by atoms with Crippen molar-refractivity contribution in [3.05, 3.63) is 95.3 Å². The number of hydrogen-bond donors (Lipinski definition) is 0. The molecular formula is C28H20FNO6. The van der Waals surface area contributed by atoms with Crippen molar-refractivity contribution in [1.82, 2.24) is 0 Å². The smallest absolute Gasteiger partial charge is 0.241 e. The molecule has 3 aromatic carbocycles. The number of benzene rings is 3. The largest absolute Gasteiger partial charge is 0.494 e. The quantitative estimate of drug-likeness (QED) is 0.411. The highest BCUT2D eigenvalue weighted by Crippen LogP contribution is 2.57. The van der Waals surface area contributed by atoms with Crippen LogP contribution in [-0.2, 0) is 14.3 Å². The average Bonchev–Trinajstić information content (AvgIpc) is 3.45. The predicted octanol–water partition coefficient (Wildman–Crippen LogP) is 3.92. The van der Waals surface area contributed by atoms with E-state index >= 15 is 0 Å². The number of nitrogens with zero attached hydrogens (tertiary/aromatic N) is 1. The SMILES string of the molecule is CCOc1ccc(N2C(=O)[C@H]3[C@@H](c4ccc(F)cc4)OC4(C(=O)c5ccccc5C4=O)[C@H]3C2=O)cc1. The van der Waals surface area contributed by atoms with Crippen LogP contribution in [0.5, 0.6) is 5.75 Å². The second-order valence-corrected chi connectivity index (χ2v) is 8.97. The predicted molar refractivity (Wildman–Crippen MR) is 125 cm³/mol. The van der Waals surface area contributed by atoms with Crippen molar-refractivity contribution < 1.29 is 33.0 Å². The van der Waals surface area contributed by atoms with E-state index in [4.69, 9.17) is 9.47 Å². The molecule has 6 rings (SSSR count). The molecule has 0 bridgehead atoms. The van der Waals surface area contributed by atoms with Gasteiger partial charge in [-0.15, -0.1) is 0 Å². The number of fused-ring (bicyclic) bond motifs is 3. The first-order chi connectivity index (χ1) is 17.4. The van der Waals surface area contributed by atoms with Crippen LogP contribution in [-0.4, -0.2) is 35.6 Å². The van der Waals surface area contributed by atoms with Gasteiger partial charge in [0.1, 0.15) is 11.6 Å². The molecular weight excluding hydrogens is 465 g/mol. The van der Waals surface area contributed by atoms with Gasteiger partial charge in [0.05, 0.1) is 30.2 Å². The Morgan fingerprint density at radius 1 is 0.861 bits per heavy atom. The first-order valence-electron chi connectivity index (χ1n) is 11.6. The third-order valence-electron chi connectivity index (χ3n) is 7.12. The first kappa shape index (κ1) is 22.3. The molecule has 0 radical (unpaired) electrons. The maximum absolute atomic E-state index is 13.9. The Hall–Kier alpha value is -4.17. The number of carbonyl (C=O) groups is 4. The lowest BCUT2D eigenvalue weighted by Gasteiger charge is -2.27. The number of halogens is 1. The van der Waals surface area contributed by atoms with Gasteiger partial charge in [-0.05, 0) is 48.9 Å². The third kappa shape index (κ3) is 2.88. The van der Waals surface area contributed by atoms with Gasteiger partial charge >= 0.3 is 0 Å². The van der Waals surface area contributed by atoms with Crippen LogP contribution in [0.15, 0.2) is 72.8 Å².